The van der Waals surface area contributed by atoms with Crippen molar-refractivity contribution >= 4 is 17.5 Å². The maximum absolute atomic E-state index is 12.4. The van der Waals surface area contributed by atoms with Gasteiger partial charge in [0.05, 0.1) is 5.02 Å². The van der Waals surface area contributed by atoms with Gasteiger partial charge < -0.3 is 9.80 Å². The van der Waals surface area contributed by atoms with E-state index in [-0.39, 0.29) is 0 Å². The van der Waals surface area contributed by atoms with E-state index in [1.165, 1.54) is 12.8 Å². The fourth-order valence-corrected chi connectivity index (χ4v) is 4.02. The predicted octanol–water partition coefficient (Wildman–Crippen LogP) is 2.50. The number of likely N-dealkylation sites (tertiary alicyclic amines) is 1. The Morgan fingerprint density at radius 3 is 2.84 bits per heavy atom. The molecule has 1 atom stereocenters. The summed E-state index contributed by atoms with van der Waals surface area (Å²) in [6.45, 7) is 6.81. The summed E-state index contributed by atoms with van der Waals surface area (Å²) >= 11 is 6.24. The number of hydrogen-bond donors (Lipinski definition) is 0. The lowest BCUT2D eigenvalue weighted by atomic mass is 9.93. The monoisotopic (exact) mass is 364 g/mol. The molecule has 2 saturated heterocycles. The van der Waals surface area contributed by atoms with Crippen molar-refractivity contribution in [1.82, 2.24) is 19.7 Å². The summed E-state index contributed by atoms with van der Waals surface area (Å²) in [5.74, 6) is 0.952. The van der Waals surface area contributed by atoms with Crippen LogP contribution in [0.25, 0.3) is 0 Å². The average molecular weight is 365 g/mol. The van der Waals surface area contributed by atoms with Crippen molar-refractivity contribution in [3.63, 3.8) is 0 Å². The minimum atomic E-state index is 0.336. The van der Waals surface area contributed by atoms with Crippen LogP contribution in [-0.4, -0.2) is 71.9 Å². The summed E-state index contributed by atoms with van der Waals surface area (Å²) in [6, 6.07) is 2.00. The molecule has 3 heterocycles. The number of halogens is 1. The van der Waals surface area contributed by atoms with Crippen molar-refractivity contribution in [3.05, 3.63) is 29.0 Å². The summed E-state index contributed by atoms with van der Waals surface area (Å²) in [5, 5.41) is 0.745. The highest BCUT2D eigenvalue weighted by Gasteiger charge is 2.23. The zero-order valence-corrected chi connectivity index (χ0v) is 15.9. The first-order valence-corrected chi connectivity index (χ1v) is 9.76. The summed E-state index contributed by atoms with van der Waals surface area (Å²) in [7, 11) is 2.12. The Labute approximate surface area is 155 Å². The Hall–Kier alpha value is -1.17. The van der Waals surface area contributed by atoms with Gasteiger partial charge in [0.15, 0.2) is 0 Å². The van der Waals surface area contributed by atoms with Gasteiger partial charge in [0.1, 0.15) is 0 Å². The molecule has 0 aliphatic carbocycles. The molecular formula is C19H29ClN4O. The quantitative estimate of drug-likeness (QED) is 0.804. The number of aromatic nitrogens is 1. The molecule has 1 aromatic heterocycles. The third-order valence-electron chi connectivity index (χ3n) is 5.48. The highest BCUT2D eigenvalue weighted by atomic mass is 35.5. The summed E-state index contributed by atoms with van der Waals surface area (Å²) in [4.78, 5) is 23.3. The largest absolute Gasteiger partial charge is 0.340 e. The number of rotatable bonds is 5. The van der Waals surface area contributed by atoms with Crippen LogP contribution in [0, 0.1) is 5.92 Å². The van der Waals surface area contributed by atoms with E-state index in [9.17, 15) is 4.79 Å². The minimum absolute atomic E-state index is 0.336. The van der Waals surface area contributed by atoms with Crippen molar-refractivity contribution in [2.45, 2.75) is 32.2 Å². The van der Waals surface area contributed by atoms with Crippen LogP contribution in [0.2, 0.25) is 5.02 Å². The standard InChI is InChI=1S/C19H29ClN4O/c1-22-9-11-24(12-10-22)19(25)5-4-16-3-2-8-23(14-16)15-17-6-7-21-13-18(17)20/h6-7,13,16H,2-5,8-12,14-15H2,1H3/t16-/m1/s1. The number of piperazine rings is 1. The molecule has 2 aliphatic rings. The van der Waals surface area contributed by atoms with E-state index in [0.29, 0.717) is 18.2 Å². The first-order valence-electron chi connectivity index (χ1n) is 9.39. The van der Waals surface area contributed by atoms with Crippen LogP contribution in [0.4, 0.5) is 0 Å². The molecule has 1 amide bonds. The molecule has 6 heteroatoms. The first-order chi connectivity index (χ1) is 12.1. The molecule has 0 saturated carbocycles. The van der Waals surface area contributed by atoms with E-state index < -0.39 is 0 Å². The number of pyridine rings is 1. The van der Waals surface area contributed by atoms with Gasteiger partial charge in [0.2, 0.25) is 5.91 Å². The smallest absolute Gasteiger partial charge is 0.222 e. The lowest BCUT2D eigenvalue weighted by molar-refractivity contribution is -0.133. The molecule has 0 unspecified atom stereocenters. The van der Waals surface area contributed by atoms with Gasteiger partial charge >= 0.3 is 0 Å². The van der Waals surface area contributed by atoms with Crippen molar-refractivity contribution in [3.8, 4) is 0 Å². The number of carbonyl (C=O) groups excluding carboxylic acids is 1. The number of carbonyl (C=O) groups is 1. The van der Waals surface area contributed by atoms with Crippen molar-refractivity contribution in [2.24, 2.45) is 5.92 Å². The minimum Gasteiger partial charge on any atom is -0.340 e. The normalized spacial score (nSPS) is 23.0. The molecule has 0 bridgehead atoms. The van der Waals surface area contributed by atoms with Crippen molar-refractivity contribution in [1.29, 1.82) is 0 Å². The lowest BCUT2D eigenvalue weighted by Crippen LogP contribution is -2.47. The summed E-state index contributed by atoms with van der Waals surface area (Å²) < 4.78 is 0. The molecular weight excluding hydrogens is 336 g/mol. The molecule has 138 valence electrons. The Morgan fingerprint density at radius 1 is 1.28 bits per heavy atom. The van der Waals surface area contributed by atoms with E-state index in [2.05, 4.69) is 21.8 Å². The Bertz CT molecular complexity index is 574. The van der Waals surface area contributed by atoms with Crippen LogP contribution in [0.5, 0.6) is 0 Å². The van der Waals surface area contributed by atoms with Crippen LogP contribution in [0.1, 0.15) is 31.2 Å². The average Bonchev–Trinajstić information content (AvgIpc) is 2.63. The molecule has 0 aromatic carbocycles. The Kier molecular flexibility index (Phi) is 6.68. The number of nitrogens with zero attached hydrogens (tertiary/aromatic N) is 4. The Balaban J connectivity index is 1.44. The number of amides is 1. The van der Waals surface area contributed by atoms with Gasteiger partial charge in [0.25, 0.3) is 0 Å². The predicted molar refractivity (Wildman–Crippen MR) is 101 cm³/mol. The van der Waals surface area contributed by atoms with Crippen molar-refractivity contribution < 1.29 is 4.79 Å². The zero-order chi connectivity index (χ0) is 17.6. The maximum atomic E-state index is 12.4. The molecule has 1 aromatic rings. The zero-order valence-electron chi connectivity index (χ0n) is 15.2. The van der Waals surface area contributed by atoms with Gasteiger partial charge in [0, 0.05) is 58.1 Å². The van der Waals surface area contributed by atoms with Gasteiger partial charge in [-0.1, -0.05) is 11.6 Å². The van der Waals surface area contributed by atoms with Crippen LogP contribution in [-0.2, 0) is 11.3 Å². The Morgan fingerprint density at radius 2 is 2.08 bits per heavy atom. The highest BCUT2D eigenvalue weighted by Crippen LogP contribution is 2.24. The van der Waals surface area contributed by atoms with E-state index >= 15 is 0 Å². The molecule has 2 fully saturated rings. The van der Waals surface area contributed by atoms with Gasteiger partial charge in [-0.2, -0.15) is 0 Å². The number of piperidine rings is 1. The van der Waals surface area contributed by atoms with Crippen molar-refractivity contribution in [2.75, 3.05) is 46.3 Å². The fourth-order valence-electron chi connectivity index (χ4n) is 3.85. The van der Waals surface area contributed by atoms with E-state index in [1.807, 2.05) is 11.0 Å². The molecule has 0 radical (unpaired) electrons. The number of likely N-dealkylation sites (N-methyl/N-ethyl adjacent to an activating group) is 1. The SMILES string of the molecule is CN1CCN(C(=O)CC[C@H]2CCCN(Cc3ccncc3Cl)C2)CC1. The van der Waals surface area contributed by atoms with E-state index in [1.54, 1.807) is 12.4 Å². The maximum Gasteiger partial charge on any atom is 0.222 e. The second-order valence-electron chi connectivity index (χ2n) is 7.43. The highest BCUT2D eigenvalue weighted by molar-refractivity contribution is 6.31. The van der Waals surface area contributed by atoms with E-state index in [0.717, 1.165) is 62.8 Å². The lowest BCUT2D eigenvalue weighted by Gasteiger charge is -2.34. The van der Waals surface area contributed by atoms with Gasteiger partial charge in [-0.05, 0) is 50.4 Å². The third kappa shape index (κ3) is 5.40. The second-order valence-corrected chi connectivity index (χ2v) is 7.84. The first kappa shape index (κ1) is 18.6. The number of hydrogen-bond acceptors (Lipinski definition) is 4. The van der Waals surface area contributed by atoms with Crippen LogP contribution in [0.3, 0.4) is 0 Å². The van der Waals surface area contributed by atoms with Crippen LogP contribution < -0.4 is 0 Å². The van der Waals surface area contributed by atoms with Crippen LogP contribution in [0.15, 0.2) is 18.5 Å². The van der Waals surface area contributed by atoms with Gasteiger partial charge in [-0.3, -0.25) is 14.7 Å². The fraction of sp³-hybridized carbons (Fsp3) is 0.684. The molecule has 2 aliphatic heterocycles. The second kappa shape index (κ2) is 8.97. The molecule has 5 nitrogen and oxygen atoms in total. The molecule has 3 rings (SSSR count). The third-order valence-corrected chi connectivity index (χ3v) is 5.82. The van der Waals surface area contributed by atoms with Crippen LogP contribution >= 0.6 is 11.6 Å². The van der Waals surface area contributed by atoms with Gasteiger partial charge in [-0.15, -0.1) is 0 Å². The summed E-state index contributed by atoms with van der Waals surface area (Å²) in [6.07, 6.45) is 7.65. The van der Waals surface area contributed by atoms with E-state index in [4.69, 9.17) is 11.6 Å². The summed E-state index contributed by atoms with van der Waals surface area (Å²) in [5.41, 5.74) is 1.14. The molecule has 0 spiro atoms. The van der Waals surface area contributed by atoms with Gasteiger partial charge in [-0.25, -0.2) is 0 Å². The molecule has 25 heavy (non-hydrogen) atoms. The molecule has 0 N–H and O–H groups in total. The topological polar surface area (TPSA) is 39.7 Å².